The van der Waals surface area contributed by atoms with Gasteiger partial charge in [-0.05, 0) is 30.7 Å². The normalized spacial score (nSPS) is 10.7. The van der Waals surface area contributed by atoms with Gasteiger partial charge in [0.25, 0.3) is 0 Å². The minimum absolute atomic E-state index is 0.291. The molecular weight excluding hydrogens is 233 g/mol. The number of benzene rings is 1. The van der Waals surface area contributed by atoms with Crippen molar-refractivity contribution in [3.8, 4) is 5.75 Å². The van der Waals surface area contributed by atoms with Gasteiger partial charge in [0.05, 0.1) is 11.4 Å². The molecule has 0 spiro atoms. The zero-order valence-corrected chi connectivity index (χ0v) is 10.5. The lowest BCUT2D eigenvalue weighted by molar-refractivity contribution is 0.293. The molecule has 2 aromatic rings. The molecule has 0 aliphatic heterocycles. The number of ether oxygens (including phenoxy) is 1. The fourth-order valence-electron chi connectivity index (χ4n) is 1.78. The third kappa shape index (κ3) is 2.87. The van der Waals surface area contributed by atoms with E-state index in [1.807, 2.05) is 20.0 Å². The number of halogens is 1. The van der Waals surface area contributed by atoms with Crippen molar-refractivity contribution >= 4 is 0 Å². The molecule has 96 valence electrons. The van der Waals surface area contributed by atoms with Crippen molar-refractivity contribution < 1.29 is 9.13 Å². The average molecular weight is 249 g/mol. The summed E-state index contributed by atoms with van der Waals surface area (Å²) < 4.78 is 20.6. The second-order valence-electron chi connectivity index (χ2n) is 4.19. The molecular formula is C13H16FN3O. The third-order valence-corrected chi connectivity index (χ3v) is 2.65. The molecule has 0 aliphatic rings. The molecule has 0 atom stereocenters. The smallest absolute Gasteiger partial charge is 0.130 e. The number of aromatic nitrogens is 2. The maximum Gasteiger partial charge on any atom is 0.130 e. The summed E-state index contributed by atoms with van der Waals surface area (Å²) in [5.74, 6) is 0.142. The van der Waals surface area contributed by atoms with Gasteiger partial charge in [-0.3, -0.25) is 4.68 Å². The van der Waals surface area contributed by atoms with E-state index in [9.17, 15) is 4.39 Å². The van der Waals surface area contributed by atoms with Crippen molar-refractivity contribution in [3.63, 3.8) is 0 Å². The van der Waals surface area contributed by atoms with Crippen LogP contribution in [0.3, 0.4) is 0 Å². The minimum atomic E-state index is -0.339. The molecule has 1 aromatic carbocycles. The van der Waals surface area contributed by atoms with E-state index in [0.29, 0.717) is 24.5 Å². The molecule has 0 amide bonds. The summed E-state index contributed by atoms with van der Waals surface area (Å²) in [5.41, 5.74) is 8.06. The highest BCUT2D eigenvalue weighted by Crippen LogP contribution is 2.17. The Labute approximate surface area is 105 Å². The summed E-state index contributed by atoms with van der Waals surface area (Å²) in [5, 5.41) is 4.22. The van der Waals surface area contributed by atoms with Crippen LogP contribution in [0.25, 0.3) is 0 Å². The summed E-state index contributed by atoms with van der Waals surface area (Å²) >= 11 is 0. The molecule has 0 radical (unpaired) electrons. The van der Waals surface area contributed by atoms with Gasteiger partial charge in [0.15, 0.2) is 0 Å². The first-order chi connectivity index (χ1) is 8.58. The summed E-state index contributed by atoms with van der Waals surface area (Å²) in [6.07, 6.45) is 0. The van der Waals surface area contributed by atoms with E-state index in [1.54, 1.807) is 10.7 Å². The van der Waals surface area contributed by atoms with Crippen molar-refractivity contribution in [2.75, 3.05) is 0 Å². The zero-order chi connectivity index (χ0) is 13.1. The van der Waals surface area contributed by atoms with Crippen LogP contribution < -0.4 is 10.5 Å². The Morgan fingerprint density at radius 1 is 1.33 bits per heavy atom. The lowest BCUT2D eigenvalue weighted by atomic mass is 10.2. The summed E-state index contributed by atoms with van der Waals surface area (Å²) in [6, 6.07) is 6.43. The molecule has 0 fully saturated rings. The Bertz CT molecular complexity index is 551. The summed E-state index contributed by atoms with van der Waals surface area (Å²) in [6.45, 7) is 2.56. The van der Waals surface area contributed by atoms with Gasteiger partial charge in [-0.2, -0.15) is 5.10 Å². The Morgan fingerprint density at radius 3 is 2.72 bits per heavy atom. The van der Waals surface area contributed by atoms with Gasteiger partial charge < -0.3 is 10.5 Å². The van der Waals surface area contributed by atoms with E-state index in [4.69, 9.17) is 10.5 Å². The molecule has 0 unspecified atom stereocenters. The SMILES string of the molecule is Cc1cc(COc2cc(F)cc(CN)c2)n(C)n1. The van der Waals surface area contributed by atoms with E-state index >= 15 is 0 Å². The van der Waals surface area contributed by atoms with Crippen LogP contribution in [0, 0.1) is 12.7 Å². The van der Waals surface area contributed by atoms with Crippen molar-refractivity contribution in [3.05, 3.63) is 47.0 Å². The number of nitrogens with zero attached hydrogens (tertiary/aromatic N) is 2. The van der Waals surface area contributed by atoms with Crippen molar-refractivity contribution in [1.82, 2.24) is 9.78 Å². The van der Waals surface area contributed by atoms with Crippen LogP contribution in [-0.4, -0.2) is 9.78 Å². The van der Waals surface area contributed by atoms with Crippen LogP contribution in [0.5, 0.6) is 5.75 Å². The maximum absolute atomic E-state index is 13.3. The van der Waals surface area contributed by atoms with E-state index in [-0.39, 0.29) is 5.82 Å². The molecule has 0 bridgehead atoms. The van der Waals surface area contributed by atoms with Crippen molar-refractivity contribution in [1.29, 1.82) is 0 Å². The summed E-state index contributed by atoms with van der Waals surface area (Å²) in [7, 11) is 1.85. The summed E-state index contributed by atoms with van der Waals surface area (Å²) in [4.78, 5) is 0. The molecule has 0 saturated carbocycles. The van der Waals surface area contributed by atoms with Crippen LogP contribution in [0.1, 0.15) is 17.0 Å². The first-order valence-corrected chi connectivity index (χ1v) is 5.70. The number of aryl methyl sites for hydroxylation is 2. The molecule has 2 rings (SSSR count). The third-order valence-electron chi connectivity index (χ3n) is 2.65. The second kappa shape index (κ2) is 5.18. The molecule has 1 heterocycles. The fraction of sp³-hybridized carbons (Fsp3) is 0.308. The maximum atomic E-state index is 13.3. The number of hydrogen-bond donors (Lipinski definition) is 1. The highest BCUT2D eigenvalue weighted by Gasteiger charge is 2.05. The van der Waals surface area contributed by atoms with Gasteiger partial charge >= 0.3 is 0 Å². The predicted molar refractivity (Wildman–Crippen MR) is 66.6 cm³/mol. The van der Waals surface area contributed by atoms with Crippen LogP contribution >= 0.6 is 0 Å². The lowest BCUT2D eigenvalue weighted by Crippen LogP contribution is -2.04. The Kier molecular flexibility index (Phi) is 3.62. The Balaban J connectivity index is 2.10. The van der Waals surface area contributed by atoms with E-state index in [2.05, 4.69) is 5.10 Å². The quantitative estimate of drug-likeness (QED) is 0.900. The largest absolute Gasteiger partial charge is 0.487 e. The van der Waals surface area contributed by atoms with Crippen LogP contribution in [0.15, 0.2) is 24.3 Å². The first kappa shape index (κ1) is 12.6. The fourth-order valence-corrected chi connectivity index (χ4v) is 1.78. The van der Waals surface area contributed by atoms with Crippen LogP contribution in [0.2, 0.25) is 0 Å². The molecule has 5 heteroatoms. The first-order valence-electron chi connectivity index (χ1n) is 5.70. The monoisotopic (exact) mass is 249 g/mol. The van der Waals surface area contributed by atoms with Gasteiger partial charge in [0, 0.05) is 19.7 Å². The molecule has 0 saturated heterocycles. The molecule has 1 aromatic heterocycles. The van der Waals surface area contributed by atoms with E-state index in [1.165, 1.54) is 12.1 Å². The van der Waals surface area contributed by atoms with Crippen LogP contribution in [-0.2, 0) is 20.2 Å². The Morgan fingerprint density at radius 2 is 2.11 bits per heavy atom. The van der Waals surface area contributed by atoms with Gasteiger partial charge in [-0.1, -0.05) is 0 Å². The highest BCUT2D eigenvalue weighted by molar-refractivity contribution is 5.29. The Hall–Kier alpha value is -1.88. The van der Waals surface area contributed by atoms with Gasteiger partial charge in [-0.25, -0.2) is 4.39 Å². The van der Waals surface area contributed by atoms with Gasteiger partial charge in [0.1, 0.15) is 18.2 Å². The predicted octanol–water partition coefficient (Wildman–Crippen LogP) is 1.91. The standard InChI is InChI=1S/C13H16FN3O/c1-9-3-12(17(2)16-9)8-18-13-5-10(7-15)4-11(14)6-13/h3-6H,7-8,15H2,1-2H3. The second-order valence-corrected chi connectivity index (χ2v) is 4.19. The van der Waals surface area contributed by atoms with Crippen molar-refractivity contribution in [2.45, 2.75) is 20.1 Å². The number of rotatable bonds is 4. The van der Waals surface area contributed by atoms with E-state index < -0.39 is 0 Å². The number of nitrogens with two attached hydrogens (primary N) is 1. The topological polar surface area (TPSA) is 53.1 Å². The molecule has 4 nitrogen and oxygen atoms in total. The lowest BCUT2D eigenvalue weighted by Gasteiger charge is -2.08. The zero-order valence-electron chi connectivity index (χ0n) is 10.5. The van der Waals surface area contributed by atoms with E-state index in [0.717, 1.165) is 11.4 Å². The molecule has 0 aliphatic carbocycles. The molecule has 2 N–H and O–H groups in total. The highest BCUT2D eigenvalue weighted by atomic mass is 19.1. The van der Waals surface area contributed by atoms with Crippen molar-refractivity contribution in [2.24, 2.45) is 12.8 Å². The van der Waals surface area contributed by atoms with Crippen LogP contribution in [0.4, 0.5) is 4.39 Å². The number of hydrogen-bond acceptors (Lipinski definition) is 3. The average Bonchev–Trinajstić information content (AvgIpc) is 2.64. The van der Waals surface area contributed by atoms with Gasteiger partial charge in [-0.15, -0.1) is 0 Å². The van der Waals surface area contributed by atoms with Gasteiger partial charge in [0.2, 0.25) is 0 Å². The molecule has 18 heavy (non-hydrogen) atoms. The minimum Gasteiger partial charge on any atom is -0.487 e.